The second-order valence-corrected chi connectivity index (χ2v) is 7.74. The highest BCUT2D eigenvalue weighted by atomic mass is 16.1. The largest absolute Gasteiger partial charge is 0.361 e. The fraction of sp³-hybridized carbons (Fsp3) is 0.375. The first kappa shape index (κ1) is 18.8. The summed E-state index contributed by atoms with van der Waals surface area (Å²) in [6.45, 7) is 3.99. The Balaban J connectivity index is 1.25. The number of aromatic nitrogens is 1. The summed E-state index contributed by atoms with van der Waals surface area (Å²) >= 11 is 0. The summed E-state index contributed by atoms with van der Waals surface area (Å²) in [5.74, 6) is 0.135. The van der Waals surface area contributed by atoms with Gasteiger partial charge in [0.25, 0.3) is 0 Å². The second kappa shape index (κ2) is 9.07. The van der Waals surface area contributed by atoms with Gasteiger partial charge in [-0.15, -0.1) is 0 Å². The molecule has 1 fully saturated rings. The van der Waals surface area contributed by atoms with Gasteiger partial charge >= 0.3 is 0 Å². The summed E-state index contributed by atoms with van der Waals surface area (Å²) in [6, 6.07) is 16.8. The molecule has 4 heteroatoms. The monoisotopic (exact) mass is 375 g/mol. The van der Waals surface area contributed by atoms with Gasteiger partial charge in [0.2, 0.25) is 5.91 Å². The topological polar surface area (TPSA) is 48.1 Å². The maximum Gasteiger partial charge on any atom is 0.220 e. The quantitative estimate of drug-likeness (QED) is 0.613. The average molecular weight is 376 g/mol. The van der Waals surface area contributed by atoms with E-state index in [0.717, 1.165) is 24.9 Å². The molecular weight excluding hydrogens is 346 g/mol. The molecule has 1 aromatic heterocycles. The van der Waals surface area contributed by atoms with Crippen LogP contribution >= 0.6 is 0 Å². The van der Waals surface area contributed by atoms with Crippen molar-refractivity contribution in [2.45, 2.75) is 45.2 Å². The molecule has 2 aromatic carbocycles. The molecule has 2 N–H and O–H groups in total. The van der Waals surface area contributed by atoms with Gasteiger partial charge in [-0.1, -0.05) is 42.5 Å². The van der Waals surface area contributed by atoms with Gasteiger partial charge in [-0.3, -0.25) is 9.69 Å². The molecule has 0 radical (unpaired) electrons. The number of carbonyl (C=O) groups excluding carboxylic acids is 1. The fourth-order valence-electron chi connectivity index (χ4n) is 4.13. The lowest BCUT2D eigenvalue weighted by Gasteiger charge is -2.17. The third kappa shape index (κ3) is 4.63. The molecule has 1 aliphatic heterocycles. The zero-order valence-electron chi connectivity index (χ0n) is 16.4. The van der Waals surface area contributed by atoms with Crippen LogP contribution in [0.25, 0.3) is 10.9 Å². The van der Waals surface area contributed by atoms with Crippen molar-refractivity contribution >= 4 is 16.8 Å². The summed E-state index contributed by atoms with van der Waals surface area (Å²) in [5.41, 5.74) is 5.03. The number of aryl methyl sites for hydroxylation is 1. The molecule has 4 nitrogen and oxygen atoms in total. The van der Waals surface area contributed by atoms with Crippen molar-refractivity contribution in [1.82, 2.24) is 15.2 Å². The number of H-pyrrole nitrogens is 1. The SMILES string of the molecule is O=C(CCCc1c[nH]c2ccccc12)NCc1ccccc1CN1CCCC1. The number of para-hydroxylation sites is 1. The molecular formula is C24H29N3O. The van der Waals surface area contributed by atoms with Gasteiger partial charge in [-0.2, -0.15) is 0 Å². The van der Waals surface area contributed by atoms with Gasteiger partial charge in [-0.05, 0) is 61.5 Å². The molecule has 1 amide bonds. The molecule has 0 aliphatic carbocycles. The van der Waals surface area contributed by atoms with E-state index in [1.165, 1.54) is 48.0 Å². The number of hydrogen-bond acceptors (Lipinski definition) is 2. The molecule has 0 atom stereocenters. The Labute approximate surface area is 166 Å². The van der Waals surface area contributed by atoms with Crippen molar-refractivity contribution in [1.29, 1.82) is 0 Å². The van der Waals surface area contributed by atoms with Crippen LogP contribution in [0.5, 0.6) is 0 Å². The van der Waals surface area contributed by atoms with Crippen LogP contribution in [0.15, 0.2) is 54.7 Å². The van der Waals surface area contributed by atoms with E-state index in [9.17, 15) is 4.79 Å². The Morgan fingerprint density at radius 1 is 0.964 bits per heavy atom. The van der Waals surface area contributed by atoms with Crippen molar-refractivity contribution in [3.8, 4) is 0 Å². The summed E-state index contributed by atoms with van der Waals surface area (Å²) in [4.78, 5) is 18.1. The Bertz CT molecular complexity index is 924. The van der Waals surface area contributed by atoms with Gasteiger partial charge in [0, 0.05) is 36.6 Å². The van der Waals surface area contributed by atoms with Gasteiger partial charge in [-0.25, -0.2) is 0 Å². The number of benzene rings is 2. The predicted molar refractivity (Wildman–Crippen MR) is 114 cm³/mol. The smallest absolute Gasteiger partial charge is 0.220 e. The van der Waals surface area contributed by atoms with E-state index in [1.54, 1.807) is 0 Å². The zero-order chi connectivity index (χ0) is 19.2. The number of hydrogen-bond donors (Lipinski definition) is 2. The minimum atomic E-state index is 0.135. The van der Waals surface area contributed by atoms with Crippen molar-refractivity contribution < 1.29 is 4.79 Å². The van der Waals surface area contributed by atoms with Crippen LogP contribution in [0.4, 0.5) is 0 Å². The van der Waals surface area contributed by atoms with Crippen molar-refractivity contribution in [2.75, 3.05) is 13.1 Å². The van der Waals surface area contributed by atoms with E-state index in [0.29, 0.717) is 13.0 Å². The fourth-order valence-corrected chi connectivity index (χ4v) is 4.13. The number of nitrogens with one attached hydrogen (secondary N) is 2. The van der Waals surface area contributed by atoms with E-state index >= 15 is 0 Å². The summed E-state index contributed by atoms with van der Waals surface area (Å²) in [7, 11) is 0. The number of fused-ring (bicyclic) bond motifs is 1. The number of nitrogens with zero attached hydrogens (tertiary/aromatic N) is 1. The van der Waals surface area contributed by atoms with Gasteiger partial charge < -0.3 is 10.3 Å². The maximum absolute atomic E-state index is 12.3. The van der Waals surface area contributed by atoms with Crippen molar-refractivity contribution in [3.63, 3.8) is 0 Å². The highest BCUT2D eigenvalue weighted by Crippen LogP contribution is 2.19. The summed E-state index contributed by atoms with van der Waals surface area (Å²) < 4.78 is 0. The average Bonchev–Trinajstić information content (AvgIpc) is 3.38. The molecule has 4 rings (SSSR count). The van der Waals surface area contributed by atoms with Crippen LogP contribution in [0.1, 0.15) is 42.4 Å². The molecule has 1 saturated heterocycles. The highest BCUT2D eigenvalue weighted by molar-refractivity contribution is 5.83. The van der Waals surface area contributed by atoms with Gasteiger partial charge in [0.05, 0.1) is 0 Å². The summed E-state index contributed by atoms with van der Waals surface area (Å²) in [6.07, 6.45) is 7.02. The summed E-state index contributed by atoms with van der Waals surface area (Å²) in [5, 5.41) is 4.38. The molecule has 28 heavy (non-hydrogen) atoms. The van der Waals surface area contributed by atoms with Crippen molar-refractivity contribution in [2.24, 2.45) is 0 Å². The van der Waals surface area contributed by atoms with Crippen LogP contribution in [0, 0.1) is 0 Å². The van der Waals surface area contributed by atoms with E-state index in [1.807, 2.05) is 6.07 Å². The van der Waals surface area contributed by atoms with Crippen molar-refractivity contribution in [3.05, 3.63) is 71.4 Å². The standard InChI is InChI=1S/C24H29N3O/c28-24(13-7-10-20-17-25-23-12-4-3-11-22(20)23)26-16-19-8-1-2-9-21(19)18-27-14-5-6-15-27/h1-4,8-9,11-12,17,25H,5-7,10,13-16,18H2,(H,26,28). The first-order valence-corrected chi connectivity index (χ1v) is 10.4. The van der Waals surface area contributed by atoms with Gasteiger partial charge in [0.1, 0.15) is 0 Å². The van der Waals surface area contributed by atoms with Crippen LogP contribution in [0.2, 0.25) is 0 Å². The van der Waals surface area contributed by atoms with Crippen LogP contribution < -0.4 is 5.32 Å². The predicted octanol–water partition coefficient (Wildman–Crippen LogP) is 4.40. The molecule has 1 aliphatic rings. The van der Waals surface area contributed by atoms with Gasteiger partial charge in [0.15, 0.2) is 0 Å². The lowest BCUT2D eigenvalue weighted by molar-refractivity contribution is -0.121. The van der Waals surface area contributed by atoms with Crippen LogP contribution in [0.3, 0.4) is 0 Å². The molecule has 2 heterocycles. The Morgan fingerprint density at radius 3 is 2.57 bits per heavy atom. The number of aromatic amines is 1. The first-order chi connectivity index (χ1) is 13.8. The van der Waals surface area contributed by atoms with E-state index in [4.69, 9.17) is 0 Å². The molecule has 0 spiro atoms. The van der Waals surface area contributed by atoms with E-state index < -0.39 is 0 Å². The van der Waals surface area contributed by atoms with E-state index in [-0.39, 0.29) is 5.91 Å². The lowest BCUT2D eigenvalue weighted by atomic mass is 10.1. The Hall–Kier alpha value is -2.59. The third-order valence-electron chi connectivity index (χ3n) is 5.71. The zero-order valence-corrected chi connectivity index (χ0v) is 16.4. The molecule has 146 valence electrons. The third-order valence-corrected chi connectivity index (χ3v) is 5.71. The highest BCUT2D eigenvalue weighted by Gasteiger charge is 2.14. The Morgan fingerprint density at radius 2 is 1.71 bits per heavy atom. The number of carbonyl (C=O) groups is 1. The molecule has 0 unspecified atom stereocenters. The molecule has 3 aromatic rings. The second-order valence-electron chi connectivity index (χ2n) is 7.74. The van der Waals surface area contributed by atoms with Crippen LogP contribution in [-0.4, -0.2) is 28.9 Å². The number of likely N-dealkylation sites (tertiary alicyclic amines) is 1. The normalized spacial score (nSPS) is 14.6. The molecule has 0 saturated carbocycles. The number of amides is 1. The lowest BCUT2D eigenvalue weighted by Crippen LogP contribution is -2.24. The number of rotatable bonds is 8. The van der Waals surface area contributed by atoms with Crippen LogP contribution in [-0.2, 0) is 24.3 Å². The minimum absolute atomic E-state index is 0.135. The van der Waals surface area contributed by atoms with E-state index in [2.05, 4.69) is 63.9 Å². The minimum Gasteiger partial charge on any atom is -0.361 e. The maximum atomic E-state index is 12.3. The molecule has 0 bridgehead atoms. The Kier molecular flexibility index (Phi) is 6.07. The first-order valence-electron chi connectivity index (χ1n) is 10.4.